The summed E-state index contributed by atoms with van der Waals surface area (Å²) in [6.07, 6.45) is -2.16. The molecule has 0 bridgehead atoms. The van der Waals surface area contributed by atoms with Crippen LogP contribution in [0.2, 0.25) is 0 Å². The van der Waals surface area contributed by atoms with E-state index in [2.05, 4.69) is 27.7 Å². The summed E-state index contributed by atoms with van der Waals surface area (Å²) in [5, 5.41) is 19.8. The lowest BCUT2D eigenvalue weighted by atomic mass is 10.0. The average Bonchev–Trinajstić information content (AvgIpc) is 3.09. The van der Waals surface area contributed by atoms with Crippen LogP contribution < -0.4 is 0 Å². The van der Waals surface area contributed by atoms with Crippen LogP contribution >= 0.6 is 0 Å². The molecule has 2 N–H and O–H groups in total. The Kier molecular flexibility index (Phi) is 21.2. The molecule has 0 aliphatic rings. The quantitative estimate of drug-likeness (QED) is 0.153. The molecule has 6 heteroatoms. The minimum Gasteiger partial charge on any atom is -0.382 e. The van der Waals surface area contributed by atoms with Crippen molar-refractivity contribution in [2.24, 2.45) is 11.8 Å². The highest BCUT2D eigenvalue weighted by Gasteiger charge is 2.19. The number of ether oxygens (including phenoxy) is 2. The molecular formula is C40H52O6. The van der Waals surface area contributed by atoms with Gasteiger partial charge in [-0.3, -0.25) is 9.59 Å². The van der Waals surface area contributed by atoms with Gasteiger partial charge in [0.15, 0.2) is 11.6 Å². The van der Waals surface area contributed by atoms with Gasteiger partial charge in [-0.15, -0.1) is 0 Å². The van der Waals surface area contributed by atoms with Gasteiger partial charge in [0, 0.05) is 37.6 Å². The van der Waals surface area contributed by atoms with Crippen LogP contribution in [0.15, 0.2) is 121 Å². The van der Waals surface area contributed by atoms with Crippen LogP contribution in [0.1, 0.15) is 85.6 Å². The molecule has 0 aliphatic heterocycles. The number of carbonyl (C=O) groups excluding carboxylic acids is 2. The Hall–Kier alpha value is -3.94. The van der Waals surface area contributed by atoms with Gasteiger partial charge in [-0.1, -0.05) is 149 Å². The molecule has 4 aromatic carbocycles. The molecule has 4 aromatic rings. The minimum atomic E-state index is -1.08. The number of rotatable bonds is 12. The van der Waals surface area contributed by atoms with Crippen LogP contribution in [0, 0.1) is 11.8 Å². The Morgan fingerprint density at radius 3 is 1.02 bits per heavy atom. The van der Waals surface area contributed by atoms with Crippen molar-refractivity contribution in [1.82, 2.24) is 0 Å². The van der Waals surface area contributed by atoms with Crippen LogP contribution in [0.3, 0.4) is 0 Å². The van der Waals surface area contributed by atoms with Gasteiger partial charge in [0.05, 0.1) is 0 Å². The molecule has 6 nitrogen and oxygen atoms in total. The van der Waals surface area contributed by atoms with E-state index >= 15 is 0 Å². The van der Waals surface area contributed by atoms with Gasteiger partial charge in [-0.05, 0) is 36.8 Å². The average molecular weight is 629 g/mol. The molecule has 0 aromatic heterocycles. The van der Waals surface area contributed by atoms with Crippen molar-refractivity contribution in [3.05, 3.63) is 144 Å². The lowest BCUT2D eigenvalue weighted by Crippen LogP contribution is -2.11. The zero-order valence-electron chi connectivity index (χ0n) is 28.2. The summed E-state index contributed by atoms with van der Waals surface area (Å²) < 4.78 is 10.2. The molecule has 4 rings (SSSR count). The van der Waals surface area contributed by atoms with Gasteiger partial charge >= 0.3 is 0 Å². The summed E-state index contributed by atoms with van der Waals surface area (Å²) in [6, 6.07) is 35.5. The number of benzene rings is 4. The van der Waals surface area contributed by atoms with Crippen molar-refractivity contribution >= 4 is 11.6 Å². The SMILES string of the molecule is CC(C)COCC(C)C.CCOCC.O=C(c1ccccc1)C(O)c1ccccc1.O=C(c1ccccc1)C(O)c1ccccc1. The van der Waals surface area contributed by atoms with Crippen molar-refractivity contribution in [3.63, 3.8) is 0 Å². The van der Waals surface area contributed by atoms with E-state index in [-0.39, 0.29) is 11.6 Å². The van der Waals surface area contributed by atoms with E-state index in [1.165, 1.54) is 0 Å². The second kappa shape index (κ2) is 24.3. The van der Waals surface area contributed by atoms with Gasteiger partial charge in [-0.2, -0.15) is 0 Å². The summed E-state index contributed by atoms with van der Waals surface area (Å²) in [4.78, 5) is 23.8. The molecule has 0 saturated heterocycles. The van der Waals surface area contributed by atoms with Crippen LogP contribution in [0.4, 0.5) is 0 Å². The molecule has 248 valence electrons. The Balaban J connectivity index is 0.000000333. The van der Waals surface area contributed by atoms with Crippen LogP contribution in [-0.2, 0) is 9.47 Å². The van der Waals surface area contributed by atoms with Crippen LogP contribution in [0.25, 0.3) is 0 Å². The highest BCUT2D eigenvalue weighted by Crippen LogP contribution is 2.18. The van der Waals surface area contributed by atoms with Gasteiger partial charge in [0.2, 0.25) is 0 Å². The van der Waals surface area contributed by atoms with Crippen molar-refractivity contribution < 1.29 is 29.3 Å². The Bertz CT molecular complexity index is 1210. The summed E-state index contributed by atoms with van der Waals surface area (Å²) in [5.41, 5.74) is 2.30. The first kappa shape index (κ1) is 40.1. The van der Waals surface area contributed by atoms with Gasteiger partial charge in [0.25, 0.3) is 0 Å². The first-order valence-corrected chi connectivity index (χ1v) is 15.9. The molecule has 0 radical (unpaired) electrons. The summed E-state index contributed by atoms with van der Waals surface area (Å²) in [5.74, 6) is 0.797. The number of hydrogen-bond donors (Lipinski definition) is 2. The monoisotopic (exact) mass is 628 g/mol. The third-order valence-electron chi connectivity index (χ3n) is 6.15. The summed E-state index contributed by atoms with van der Waals surface area (Å²) in [7, 11) is 0. The predicted molar refractivity (Wildman–Crippen MR) is 187 cm³/mol. The molecule has 46 heavy (non-hydrogen) atoms. The Labute approximate surface area is 276 Å². The highest BCUT2D eigenvalue weighted by atomic mass is 16.5. The third-order valence-corrected chi connectivity index (χ3v) is 6.15. The molecule has 0 spiro atoms. The normalized spacial score (nSPS) is 11.5. The maximum atomic E-state index is 11.9. The van der Waals surface area contributed by atoms with E-state index in [1.807, 2.05) is 38.1 Å². The van der Waals surface area contributed by atoms with E-state index in [1.54, 1.807) is 97.1 Å². The number of aliphatic hydroxyl groups is 2. The zero-order valence-corrected chi connectivity index (χ0v) is 28.2. The van der Waals surface area contributed by atoms with E-state index in [0.717, 1.165) is 26.4 Å². The number of Topliss-reactive ketones (excluding diaryl/α,β-unsaturated/α-hetero) is 2. The smallest absolute Gasteiger partial charge is 0.195 e. The second-order valence-corrected chi connectivity index (χ2v) is 11.2. The molecular weight excluding hydrogens is 576 g/mol. The number of carbonyl (C=O) groups is 2. The molecule has 0 saturated carbocycles. The fraction of sp³-hybridized carbons (Fsp3) is 0.350. The number of aliphatic hydroxyl groups excluding tert-OH is 2. The first-order valence-electron chi connectivity index (χ1n) is 15.9. The maximum absolute atomic E-state index is 11.9. The van der Waals surface area contributed by atoms with Gasteiger partial charge in [-0.25, -0.2) is 0 Å². The Morgan fingerprint density at radius 1 is 0.500 bits per heavy atom. The van der Waals surface area contributed by atoms with Crippen molar-refractivity contribution in [2.75, 3.05) is 26.4 Å². The van der Waals surface area contributed by atoms with Crippen LogP contribution in [-0.4, -0.2) is 48.2 Å². The minimum absolute atomic E-state index is 0.271. The van der Waals surface area contributed by atoms with E-state index in [9.17, 15) is 19.8 Å². The molecule has 0 heterocycles. The highest BCUT2D eigenvalue weighted by molar-refractivity contribution is 6.00. The standard InChI is InChI=1S/2C14H12O2.C8H18O.C4H10O/c2*15-13(11-7-3-1-4-8-11)14(16)12-9-5-2-6-10-12;1-7(2)5-9-6-8(3)4;1-3-5-4-2/h2*1-10,13,15H;7-8H,5-6H2,1-4H3;3-4H2,1-2H3. The molecule has 2 unspecified atom stereocenters. The molecule has 0 aliphatic carbocycles. The molecule has 2 atom stereocenters. The number of ketones is 2. The van der Waals surface area contributed by atoms with Crippen molar-refractivity contribution in [3.8, 4) is 0 Å². The second-order valence-electron chi connectivity index (χ2n) is 11.2. The number of hydrogen-bond acceptors (Lipinski definition) is 6. The van der Waals surface area contributed by atoms with Gasteiger partial charge < -0.3 is 19.7 Å². The van der Waals surface area contributed by atoms with E-state index in [4.69, 9.17) is 9.47 Å². The lowest BCUT2D eigenvalue weighted by molar-refractivity contribution is 0.0743. The third kappa shape index (κ3) is 16.9. The van der Waals surface area contributed by atoms with Crippen molar-refractivity contribution in [2.45, 2.75) is 53.8 Å². The summed E-state index contributed by atoms with van der Waals surface area (Å²) >= 11 is 0. The molecule has 0 fully saturated rings. The van der Waals surface area contributed by atoms with Crippen LogP contribution in [0.5, 0.6) is 0 Å². The van der Waals surface area contributed by atoms with E-state index < -0.39 is 12.2 Å². The van der Waals surface area contributed by atoms with Crippen molar-refractivity contribution in [1.29, 1.82) is 0 Å². The summed E-state index contributed by atoms with van der Waals surface area (Å²) in [6.45, 7) is 16.1. The maximum Gasteiger partial charge on any atom is 0.195 e. The lowest BCUT2D eigenvalue weighted by Gasteiger charge is -2.09. The Morgan fingerprint density at radius 2 is 0.783 bits per heavy atom. The fourth-order valence-electron chi connectivity index (χ4n) is 3.84. The predicted octanol–water partition coefficient (Wildman–Crippen LogP) is 8.56. The molecule has 0 amide bonds. The largest absolute Gasteiger partial charge is 0.382 e. The fourth-order valence-corrected chi connectivity index (χ4v) is 3.84. The van der Waals surface area contributed by atoms with E-state index in [0.29, 0.717) is 34.1 Å². The zero-order chi connectivity index (χ0) is 34.2. The van der Waals surface area contributed by atoms with Gasteiger partial charge in [0.1, 0.15) is 12.2 Å². The topological polar surface area (TPSA) is 93.1 Å². The first-order chi connectivity index (χ1) is 22.1.